The summed E-state index contributed by atoms with van der Waals surface area (Å²) < 4.78 is 5.34. The molecule has 0 aliphatic heterocycles. The van der Waals surface area contributed by atoms with E-state index >= 15 is 0 Å². The lowest BCUT2D eigenvalue weighted by molar-refractivity contribution is -0.122. The van der Waals surface area contributed by atoms with Gasteiger partial charge in [-0.05, 0) is 36.6 Å². The van der Waals surface area contributed by atoms with Gasteiger partial charge in [-0.2, -0.15) is 0 Å². The second-order valence-corrected chi connectivity index (χ2v) is 4.06. The average Bonchev–Trinajstić information content (AvgIpc) is 2.36. The third-order valence-electron chi connectivity index (χ3n) is 2.88. The van der Waals surface area contributed by atoms with Crippen molar-refractivity contribution in [3.63, 3.8) is 0 Å². The molecule has 0 fully saturated rings. The molecule has 0 atom stereocenters. The molecule has 17 heavy (non-hydrogen) atoms. The van der Waals surface area contributed by atoms with Gasteiger partial charge < -0.3 is 10.1 Å². The van der Waals surface area contributed by atoms with Gasteiger partial charge in [0.15, 0.2) is 12.4 Å². The van der Waals surface area contributed by atoms with Gasteiger partial charge in [0, 0.05) is 19.0 Å². The number of hydrogen-bond acceptors (Lipinski definition) is 3. The molecular formula is C13H15NO3. The number of aryl methyl sites for hydroxylation is 1. The predicted molar refractivity (Wildman–Crippen MR) is 63.3 cm³/mol. The number of rotatable bonds is 3. The lowest BCUT2D eigenvalue weighted by Gasteiger charge is -2.15. The van der Waals surface area contributed by atoms with E-state index in [9.17, 15) is 9.59 Å². The molecule has 0 saturated heterocycles. The van der Waals surface area contributed by atoms with Gasteiger partial charge in [0.05, 0.1) is 0 Å². The first-order chi connectivity index (χ1) is 8.20. The van der Waals surface area contributed by atoms with Gasteiger partial charge in [0.1, 0.15) is 5.75 Å². The minimum absolute atomic E-state index is 0.00321. The molecule has 4 heteroatoms. The van der Waals surface area contributed by atoms with Crippen LogP contribution in [0.1, 0.15) is 28.8 Å². The number of likely N-dealkylation sites (N-methyl/N-ethyl adjacent to an activating group) is 1. The third kappa shape index (κ3) is 2.64. The summed E-state index contributed by atoms with van der Waals surface area (Å²) in [5, 5.41) is 2.49. The van der Waals surface area contributed by atoms with E-state index in [1.165, 1.54) is 0 Å². The number of benzene rings is 1. The Morgan fingerprint density at radius 3 is 3.00 bits per heavy atom. The van der Waals surface area contributed by atoms with Crippen molar-refractivity contribution in [2.24, 2.45) is 0 Å². The number of carbonyl (C=O) groups is 2. The standard InChI is InChI=1S/C13H15NO3/c1-14-13(16)8-17-10-5-6-11-9(7-10)3-2-4-12(11)15/h5-7H,2-4,8H2,1H3,(H,14,16). The maximum atomic E-state index is 11.6. The topological polar surface area (TPSA) is 55.4 Å². The van der Waals surface area contributed by atoms with Gasteiger partial charge in [0.25, 0.3) is 5.91 Å². The predicted octanol–water partition coefficient (Wildman–Crippen LogP) is 1.33. The Kier molecular flexibility index (Phi) is 3.42. The lowest BCUT2D eigenvalue weighted by Crippen LogP contribution is -2.24. The number of carbonyl (C=O) groups excluding carboxylic acids is 2. The molecule has 0 heterocycles. The summed E-state index contributed by atoms with van der Waals surface area (Å²) in [5.74, 6) is 0.671. The summed E-state index contributed by atoms with van der Waals surface area (Å²) in [7, 11) is 1.57. The van der Waals surface area contributed by atoms with Crippen LogP contribution in [0.2, 0.25) is 0 Å². The molecule has 1 aromatic carbocycles. The minimum atomic E-state index is -0.168. The Morgan fingerprint density at radius 1 is 1.41 bits per heavy atom. The van der Waals surface area contributed by atoms with Gasteiger partial charge in [-0.1, -0.05) is 0 Å². The van der Waals surface area contributed by atoms with Crippen LogP contribution in [0.25, 0.3) is 0 Å². The molecule has 0 aromatic heterocycles. The van der Waals surface area contributed by atoms with Crippen molar-refractivity contribution in [3.8, 4) is 5.75 Å². The Balaban J connectivity index is 2.11. The molecule has 0 unspecified atom stereocenters. The number of amides is 1. The summed E-state index contributed by atoms with van der Waals surface area (Å²) in [5.41, 5.74) is 1.82. The van der Waals surface area contributed by atoms with Crippen LogP contribution in [0.3, 0.4) is 0 Å². The van der Waals surface area contributed by atoms with Crippen molar-refractivity contribution in [2.75, 3.05) is 13.7 Å². The quantitative estimate of drug-likeness (QED) is 0.857. The van der Waals surface area contributed by atoms with Crippen molar-refractivity contribution < 1.29 is 14.3 Å². The Hall–Kier alpha value is -1.84. The summed E-state index contributed by atoms with van der Waals surface area (Å²) in [4.78, 5) is 22.6. The molecule has 0 saturated carbocycles. The van der Waals surface area contributed by atoms with Crippen LogP contribution < -0.4 is 10.1 Å². The van der Waals surface area contributed by atoms with Gasteiger partial charge in [0.2, 0.25) is 0 Å². The molecule has 4 nitrogen and oxygen atoms in total. The van der Waals surface area contributed by atoms with Gasteiger partial charge in [-0.25, -0.2) is 0 Å². The van der Waals surface area contributed by atoms with Crippen molar-refractivity contribution in [2.45, 2.75) is 19.3 Å². The molecule has 1 amide bonds. The number of nitrogens with one attached hydrogen (secondary N) is 1. The highest BCUT2D eigenvalue weighted by Crippen LogP contribution is 2.25. The summed E-state index contributed by atoms with van der Waals surface area (Å²) in [6.07, 6.45) is 2.43. The largest absolute Gasteiger partial charge is 0.484 e. The second kappa shape index (κ2) is 4.99. The van der Waals surface area contributed by atoms with Crippen LogP contribution in [-0.4, -0.2) is 25.3 Å². The molecule has 0 radical (unpaired) electrons. The minimum Gasteiger partial charge on any atom is -0.484 e. The monoisotopic (exact) mass is 233 g/mol. The number of fused-ring (bicyclic) bond motifs is 1. The second-order valence-electron chi connectivity index (χ2n) is 4.06. The van der Waals surface area contributed by atoms with Gasteiger partial charge in [-0.3, -0.25) is 9.59 Å². The van der Waals surface area contributed by atoms with E-state index < -0.39 is 0 Å². The highest BCUT2D eigenvalue weighted by molar-refractivity contribution is 5.98. The smallest absolute Gasteiger partial charge is 0.257 e. The fourth-order valence-corrected chi connectivity index (χ4v) is 1.93. The Morgan fingerprint density at radius 2 is 2.24 bits per heavy atom. The zero-order valence-electron chi connectivity index (χ0n) is 9.79. The molecule has 0 bridgehead atoms. The van der Waals surface area contributed by atoms with E-state index in [0.717, 1.165) is 24.0 Å². The van der Waals surface area contributed by atoms with E-state index in [2.05, 4.69) is 5.32 Å². The van der Waals surface area contributed by atoms with Crippen LogP contribution in [0, 0.1) is 0 Å². The fourth-order valence-electron chi connectivity index (χ4n) is 1.93. The highest BCUT2D eigenvalue weighted by Gasteiger charge is 2.17. The van der Waals surface area contributed by atoms with Crippen LogP contribution in [0.15, 0.2) is 18.2 Å². The number of Topliss-reactive ketones (excluding diaryl/α,β-unsaturated/α-hetero) is 1. The van der Waals surface area contributed by atoms with Crippen LogP contribution in [0.5, 0.6) is 5.75 Å². The molecule has 0 spiro atoms. The van der Waals surface area contributed by atoms with E-state index in [1.807, 2.05) is 6.07 Å². The number of ether oxygens (including phenoxy) is 1. The third-order valence-corrected chi connectivity index (χ3v) is 2.88. The van der Waals surface area contributed by atoms with Crippen LogP contribution in [0.4, 0.5) is 0 Å². The van der Waals surface area contributed by atoms with E-state index in [-0.39, 0.29) is 18.3 Å². The zero-order valence-corrected chi connectivity index (χ0v) is 9.79. The Labute approximate surface area is 100.0 Å². The summed E-state index contributed by atoms with van der Waals surface area (Å²) in [6, 6.07) is 5.39. The molecule has 2 rings (SSSR count). The van der Waals surface area contributed by atoms with Crippen molar-refractivity contribution >= 4 is 11.7 Å². The van der Waals surface area contributed by atoms with E-state index in [1.54, 1.807) is 19.2 Å². The lowest BCUT2D eigenvalue weighted by atomic mass is 9.91. The molecule has 1 aromatic rings. The first kappa shape index (κ1) is 11.6. The highest BCUT2D eigenvalue weighted by atomic mass is 16.5. The summed E-state index contributed by atoms with van der Waals surface area (Å²) in [6.45, 7) is 0.00321. The van der Waals surface area contributed by atoms with Crippen molar-refractivity contribution in [1.29, 1.82) is 0 Å². The average molecular weight is 233 g/mol. The zero-order chi connectivity index (χ0) is 12.3. The van der Waals surface area contributed by atoms with Gasteiger partial charge >= 0.3 is 0 Å². The molecule has 90 valence electrons. The fraction of sp³-hybridized carbons (Fsp3) is 0.385. The molecule has 1 aliphatic carbocycles. The number of hydrogen-bond donors (Lipinski definition) is 1. The van der Waals surface area contributed by atoms with Crippen LogP contribution in [-0.2, 0) is 11.2 Å². The van der Waals surface area contributed by atoms with Gasteiger partial charge in [-0.15, -0.1) is 0 Å². The SMILES string of the molecule is CNC(=O)COc1ccc2c(c1)CCCC2=O. The van der Waals surface area contributed by atoms with Crippen molar-refractivity contribution in [1.82, 2.24) is 5.32 Å². The first-order valence-electron chi connectivity index (χ1n) is 5.70. The molecular weight excluding hydrogens is 218 g/mol. The molecule has 1 N–H and O–H groups in total. The Bertz CT molecular complexity index is 454. The summed E-state index contributed by atoms with van der Waals surface area (Å²) >= 11 is 0. The van der Waals surface area contributed by atoms with E-state index in [0.29, 0.717) is 12.2 Å². The molecule has 1 aliphatic rings. The number of ketones is 1. The first-order valence-corrected chi connectivity index (χ1v) is 5.70. The maximum absolute atomic E-state index is 11.6. The van der Waals surface area contributed by atoms with Crippen LogP contribution >= 0.6 is 0 Å². The van der Waals surface area contributed by atoms with E-state index in [4.69, 9.17) is 4.74 Å². The normalized spacial score (nSPS) is 14.1. The maximum Gasteiger partial charge on any atom is 0.257 e. The van der Waals surface area contributed by atoms with Crippen molar-refractivity contribution in [3.05, 3.63) is 29.3 Å².